The quantitative estimate of drug-likeness (QED) is 0.770. The minimum Gasteiger partial charge on any atom is -0.481 e. The monoisotopic (exact) mass is 206 g/mol. The number of aliphatic carboxylic acids is 1. The van der Waals surface area contributed by atoms with E-state index in [1.807, 2.05) is 6.07 Å². The number of nitrogens with zero attached hydrogens (tertiary/aromatic N) is 1. The molecular formula is C11H14N2O2. The maximum Gasteiger partial charge on any atom is 0.311 e. The van der Waals surface area contributed by atoms with E-state index in [2.05, 4.69) is 10.3 Å². The lowest BCUT2D eigenvalue weighted by molar-refractivity contribution is -0.140. The number of aromatic nitrogens is 1. The van der Waals surface area contributed by atoms with Crippen molar-refractivity contribution >= 4 is 5.97 Å². The van der Waals surface area contributed by atoms with Crippen LogP contribution < -0.4 is 5.32 Å². The summed E-state index contributed by atoms with van der Waals surface area (Å²) in [6, 6.07) is 3.62. The summed E-state index contributed by atoms with van der Waals surface area (Å²) in [4.78, 5) is 15.2. The maximum absolute atomic E-state index is 11.2. The van der Waals surface area contributed by atoms with Gasteiger partial charge in [0.25, 0.3) is 0 Å². The molecule has 0 aromatic carbocycles. The van der Waals surface area contributed by atoms with Crippen LogP contribution in [0.1, 0.15) is 17.9 Å². The van der Waals surface area contributed by atoms with Gasteiger partial charge in [-0.25, -0.2) is 0 Å². The van der Waals surface area contributed by atoms with E-state index < -0.39 is 11.9 Å². The van der Waals surface area contributed by atoms with Crippen molar-refractivity contribution in [3.05, 3.63) is 30.1 Å². The van der Waals surface area contributed by atoms with E-state index in [4.69, 9.17) is 0 Å². The molecule has 15 heavy (non-hydrogen) atoms. The molecule has 0 amide bonds. The summed E-state index contributed by atoms with van der Waals surface area (Å²) in [5, 5.41) is 12.4. The molecule has 2 atom stereocenters. The number of pyridine rings is 1. The Hall–Kier alpha value is -1.42. The Bertz CT molecular complexity index is 334. The van der Waals surface area contributed by atoms with Crippen molar-refractivity contribution in [2.75, 3.05) is 13.1 Å². The molecule has 4 nitrogen and oxygen atoms in total. The summed E-state index contributed by atoms with van der Waals surface area (Å²) in [5.41, 5.74) is 0.804. The lowest BCUT2D eigenvalue weighted by atomic mass is 9.86. The van der Waals surface area contributed by atoms with E-state index in [-0.39, 0.29) is 5.92 Å². The van der Waals surface area contributed by atoms with Crippen molar-refractivity contribution in [3.8, 4) is 0 Å². The zero-order chi connectivity index (χ0) is 10.7. The molecule has 1 aromatic heterocycles. The SMILES string of the molecule is O=C(O)C(c1cccnc1)C1CCNC1. The highest BCUT2D eigenvalue weighted by Crippen LogP contribution is 2.28. The largest absolute Gasteiger partial charge is 0.481 e. The van der Waals surface area contributed by atoms with Crippen LogP contribution in [-0.2, 0) is 4.79 Å². The lowest BCUT2D eigenvalue weighted by Gasteiger charge is -2.18. The number of carboxylic acids is 1. The molecule has 1 aliphatic rings. The average molecular weight is 206 g/mol. The van der Waals surface area contributed by atoms with Crippen molar-refractivity contribution in [1.82, 2.24) is 10.3 Å². The predicted octanol–water partition coefficient (Wildman–Crippen LogP) is 0.859. The molecule has 1 aliphatic heterocycles. The summed E-state index contributed by atoms with van der Waals surface area (Å²) < 4.78 is 0. The molecule has 1 aromatic rings. The molecule has 2 N–H and O–H groups in total. The van der Waals surface area contributed by atoms with Gasteiger partial charge < -0.3 is 10.4 Å². The molecule has 4 heteroatoms. The van der Waals surface area contributed by atoms with E-state index >= 15 is 0 Å². The molecule has 80 valence electrons. The van der Waals surface area contributed by atoms with Gasteiger partial charge in [0.2, 0.25) is 0 Å². The molecule has 1 fully saturated rings. The van der Waals surface area contributed by atoms with Crippen LogP contribution in [-0.4, -0.2) is 29.1 Å². The molecule has 0 aliphatic carbocycles. The summed E-state index contributed by atoms with van der Waals surface area (Å²) >= 11 is 0. The van der Waals surface area contributed by atoms with Crippen LogP contribution in [0.3, 0.4) is 0 Å². The van der Waals surface area contributed by atoms with Crippen molar-refractivity contribution in [3.63, 3.8) is 0 Å². The Balaban J connectivity index is 2.23. The summed E-state index contributed by atoms with van der Waals surface area (Å²) in [6.45, 7) is 1.70. The van der Waals surface area contributed by atoms with E-state index in [9.17, 15) is 9.90 Å². The normalized spacial score (nSPS) is 22.5. The predicted molar refractivity (Wildman–Crippen MR) is 55.6 cm³/mol. The summed E-state index contributed by atoms with van der Waals surface area (Å²) in [7, 11) is 0. The first-order valence-corrected chi connectivity index (χ1v) is 5.12. The fourth-order valence-electron chi connectivity index (χ4n) is 2.14. The molecule has 2 unspecified atom stereocenters. The van der Waals surface area contributed by atoms with Crippen LogP contribution >= 0.6 is 0 Å². The number of hydrogen-bond acceptors (Lipinski definition) is 3. The van der Waals surface area contributed by atoms with Crippen LogP contribution in [0.15, 0.2) is 24.5 Å². The van der Waals surface area contributed by atoms with Gasteiger partial charge in [0.05, 0.1) is 5.92 Å². The third kappa shape index (κ3) is 2.15. The van der Waals surface area contributed by atoms with E-state index in [0.717, 1.165) is 25.1 Å². The van der Waals surface area contributed by atoms with E-state index in [1.165, 1.54) is 0 Å². The highest BCUT2D eigenvalue weighted by molar-refractivity contribution is 5.76. The fraction of sp³-hybridized carbons (Fsp3) is 0.455. The summed E-state index contributed by atoms with van der Waals surface area (Å²) in [6.07, 6.45) is 4.23. The second-order valence-electron chi connectivity index (χ2n) is 3.86. The highest BCUT2D eigenvalue weighted by Gasteiger charge is 2.31. The van der Waals surface area contributed by atoms with Gasteiger partial charge in [-0.3, -0.25) is 9.78 Å². The average Bonchev–Trinajstić information content (AvgIpc) is 2.72. The minimum absolute atomic E-state index is 0.187. The van der Waals surface area contributed by atoms with Gasteiger partial charge in [-0.2, -0.15) is 0 Å². The van der Waals surface area contributed by atoms with Crippen molar-refractivity contribution in [1.29, 1.82) is 0 Å². The topological polar surface area (TPSA) is 62.2 Å². The van der Waals surface area contributed by atoms with Gasteiger partial charge in [0.15, 0.2) is 0 Å². The number of hydrogen-bond donors (Lipinski definition) is 2. The van der Waals surface area contributed by atoms with Gasteiger partial charge in [0.1, 0.15) is 0 Å². The first-order valence-electron chi connectivity index (χ1n) is 5.12. The van der Waals surface area contributed by atoms with Crippen LogP contribution in [0.5, 0.6) is 0 Å². The van der Waals surface area contributed by atoms with Crippen LogP contribution in [0.25, 0.3) is 0 Å². The smallest absolute Gasteiger partial charge is 0.311 e. The Morgan fingerprint density at radius 1 is 1.67 bits per heavy atom. The molecule has 2 rings (SSSR count). The van der Waals surface area contributed by atoms with Gasteiger partial charge >= 0.3 is 5.97 Å². The Kier molecular flexibility index (Phi) is 2.97. The second kappa shape index (κ2) is 4.40. The number of carbonyl (C=O) groups is 1. The first-order chi connectivity index (χ1) is 7.29. The third-order valence-electron chi connectivity index (χ3n) is 2.88. The Morgan fingerprint density at radius 2 is 2.53 bits per heavy atom. The molecule has 0 radical (unpaired) electrons. The van der Waals surface area contributed by atoms with Crippen LogP contribution in [0, 0.1) is 5.92 Å². The molecule has 0 saturated carbocycles. The molecule has 0 bridgehead atoms. The highest BCUT2D eigenvalue weighted by atomic mass is 16.4. The maximum atomic E-state index is 11.2. The Labute approximate surface area is 88.3 Å². The van der Waals surface area contributed by atoms with E-state index in [0.29, 0.717) is 0 Å². The summed E-state index contributed by atoms with van der Waals surface area (Å²) in [5.74, 6) is -0.989. The first kappa shape index (κ1) is 10.1. The van der Waals surface area contributed by atoms with Crippen molar-refractivity contribution < 1.29 is 9.90 Å². The number of rotatable bonds is 3. The van der Waals surface area contributed by atoms with Gasteiger partial charge in [-0.05, 0) is 37.1 Å². The second-order valence-corrected chi connectivity index (χ2v) is 3.86. The minimum atomic E-state index is -0.753. The molecule has 0 spiro atoms. The fourth-order valence-corrected chi connectivity index (χ4v) is 2.14. The molecular weight excluding hydrogens is 192 g/mol. The van der Waals surface area contributed by atoms with Gasteiger partial charge in [-0.1, -0.05) is 6.07 Å². The molecule has 1 saturated heterocycles. The van der Waals surface area contributed by atoms with Gasteiger partial charge in [-0.15, -0.1) is 0 Å². The van der Waals surface area contributed by atoms with Crippen LogP contribution in [0.4, 0.5) is 0 Å². The Morgan fingerprint density at radius 3 is 3.07 bits per heavy atom. The van der Waals surface area contributed by atoms with Crippen molar-refractivity contribution in [2.45, 2.75) is 12.3 Å². The standard InChI is InChI=1S/C11H14N2O2/c14-11(15)10(9-3-5-13-7-9)8-2-1-4-12-6-8/h1-2,4,6,9-10,13H,3,5,7H2,(H,14,15). The number of carboxylic acid groups (broad SMARTS) is 1. The van der Waals surface area contributed by atoms with Crippen LogP contribution in [0.2, 0.25) is 0 Å². The zero-order valence-corrected chi connectivity index (χ0v) is 8.39. The zero-order valence-electron chi connectivity index (χ0n) is 8.39. The lowest BCUT2D eigenvalue weighted by Crippen LogP contribution is -2.23. The number of nitrogens with one attached hydrogen (secondary N) is 1. The molecule has 2 heterocycles. The van der Waals surface area contributed by atoms with E-state index in [1.54, 1.807) is 18.5 Å². The third-order valence-corrected chi connectivity index (χ3v) is 2.88. The van der Waals surface area contributed by atoms with Crippen molar-refractivity contribution in [2.24, 2.45) is 5.92 Å². The van der Waals surface area contributed by atoms with Gasteiger partial charge in [0, 0.05) is 12.4 Å².